The van der Waals surface area contributed by atoms with Crippen molar-refractivity contribution < 1.29 is 0 Å². The number of aromatic nitrogens is 2. The molecular formula is C12H13IN2S2. The van der Waals surface area contributed by atoms with E-state index in [0.29, 0.717) is 4.75 Å². The highest BCUT2D eigenvalue weighted by molar-refractivity contribution is 14.1. The highest BCUT2D eigenvalue weighted by Gasteiger charge is 2.42. The number of benzene rings is 1. The van der Waals surface area contributed by atoms with Crippen LogP contribution in [0.15, 0.2) is 18.2 Å². The third kappa shape index (κ3) is 2.17. The fourth-order valence-electron chi connectivity index (χ4n) is 2.15. The summed E-state index contributed by atoms with van der Waals surface area (Å²) in [5, 5.41) is 0. The summed E-state index contributed by atoms with van der Waals surface area (Å²) in [5.74, 6) is 0. The van der Waals surface area contributed by atoms with Crippen molar-refractivity contribution in [2.75, 3.05) is 6.26 Å². The SMILES string of the molecule is CSC1(Cn2c(=S)[nH]c3cc(I)ccc32)CC1. The van der Waals surface area contributed by atoms with Crippen molar-refractivity contribution in [1.29, 1.82) is 0 Å². The molecule has 0 atom stereocenters. The van der Waals surface area contributed by atoms with Gasteiger partial charge in [-0.2, -0.15) is 11.8 Å². The van der Waals surface area contributed by atoms with Gasteiger partial charge in [-0.1, -0.05) is 0 Å². The first-order valence-electron chi connectivity index (χ1n) is 5.57. The van der Waals surface area contributed by atoms with E-state index < -0.39 is 0 Å². The smallest absolute Gasteiger partial charge is 0.178 e. The molecule has 1 aliphatic rings. The molecule has 0 spiro atoms. The summed E-state index contributed by atoms with van der Waals surface area (Å²) < 4.78 is 4.78. The number of fused-ring (bicyclic) bond motifs is 1. The Kier molecular flexibility index (Phi) is 3.03. The van der Waals surface area contributed by atoms with E-state index >= 15 is 0 Å². The molecule has 0 bridgehead atoms. The van der Waals surface area contributed by atoms with Crippen molar-refractivity contribution in [3.63, 3.8) is 0 Å². The van der Waals surface area contributed by atoms with Gasteiger partial charge in [-0.25, -0.2) is 0 Å². The number of imidazole rings is 1. The van der Waals surface area contributed by atoms with E-state index in [-0.39, 0.29) is 0 Å². The Morgan fingerprint density at radius 3 is 2.94 bits per heavy atom. The lowest BCUT2D eigenvalue weighted by Crippen LogP contribution is -2.13. The molecule has 2 nitrogen and oxygen atoms in total. The number of thioether (sulfide) groups is 1. The molecule has 0 amide bonds. The minimum absolute atomic E-state index is 0.441. The molecule has 1 aromatic heterocycles. The summed E-state index contributed by atoms with van der Waals surface area (Å²) in [6, 6.07) is 6.46. The lowest BCUT2D eigenvalue weighted by molar-refractivity contribution is 0.670. The molecule has 1 saturated carbocycles. The first-order valence-corrected chi connectivity index (χ1v) is 8.28. The van der Waals surface area contributed by atoms with Gasteiger partial charge >= 0.3 is 0 Å². The van der Waals surface area contributed by atoms with E-state index in [1.165, 1.54) is 21.9 Å². The molecule has 1 heterocycles. The summed E-state index contributed by atoms with van der Waals surface area (Å²) in [4.78, 5) is 3.31. The summed E-state index contributed by atoms with van der Waals surface area (Å²) >= 11 is 9.74. The zero-order valence-corrected chi connectivity index (χ0v) is 13.3. The molecule has 1 aromatic carbocycles. The highest BCUT2D eigenvalue weighted by Crippen LogP contribution is 2.48. The number of H-pyrrole nitrogens is 1. The molecular weight excluding hydrogens is 363 g/mol. The van der Waals surface area contributed by atoms with Crippen LogP contribution in [0.2, 0.25) is 0 Å². The molecule has 5 heteroatoms. The van der Waals surface area contributed by atoms with Gasteiger partial charge in [0.1, 0.15) is 0 Å². The predicted molar refractivity (Wildman–Crippen MR) is 85.3 cm³/mol. The average Bonchev–Trinajstić information content (AvgIpc) is 3.01. The molecule has 90 valence electrons. The molecule has 1 aliphatic carbocycles. The van der Waals surface area contributed by atoms with Crippen molar-refractivity contribution in [3.05, 3.63) is 26.5 Å². The Balaban J connectivity index is 2.09. The highest BCUT2D eigenvalue weighted by atomic mass is 127. The van der Waals surface area contributed by atoms with E-state index in [2.05, 4.69) is 56.6 Å². The number of rotatable bonds is 3. The van der Waals surface area contributed by atoms with Crippen LogP contribution in [0, 0.1) is 8.34 Å². The Bertz CT molecular complexity index is 625. The summed E-state index contributed by atoms with van der Waals surface area (Å²) in [7, 11) is 0. The second-order valence-corrected chi connectivity index (χ2v) is 7.47. The van der Waals surface area contributed by atoms with Crippen LogP contribution in [0.25, 0.3) is 11.0 Å². The standard InChI is InChI=1S/C12H13IN2S2/c1-17-12(4-5-12)7-15-10-3-2-8(13)6-9(10)14-11(15)16/h2-3,6H,4-5,7H2,1H3,(H,14,16). The normalized spacial score (nSPS) is 17.5. The minimum atomic E-state index is 0.441. The van der Waals surface area contributed by atoms with Crippen LogP contribution in [-0.4, -0.2) is 20.6 Å². The van der Waals surface area contributed by atoms with Gasteiger partial charge in [0, 0.05) is 14.9 Å². The number of hydrogen-bond donors (Lipinski definition) is 1. The lowest BCUT2D eigenvalue weighted by atomic mass is 10.3. The molecule has 17 heavy (non-hydrogen) atoms. The average molecular weight is 376 g/mol. The molecule has 2 aromatic rings. The molecule has 0 aliphatic heterocycles. The Labute approximate surface area is 123 Å². The quantitative estimate of drug-likeness (QED) is 0.640. The Morgan fingerprint density at radius 1 is 1.53 bits per heavy atom. The van der Waals surface area contributed by atoms with Crippen molar-refractivity contribution in [2.24, 2.45) is 0 Å². The second kappa shape index (κ2) is 4.28. The van der Waals surface area contributed by atoms with Gasteiger partial charge in [0.05, 0.1) is 11.0 Å². The lowest BCUT2D eigenvalue weighted by Gasteiger charge is -2.13. The molecule has 0 radical (unpaired) electrons. The molecule has 3 rings (SSSR count). The Hall–Kier alpha value is -0.0100. The van der Waals surface area contributed by atoms with E-state index in [4.69, 9.17) is 12.2 Å². The first kappa shape index (κ1) is 12.0. The molecule has 1 fully saturated rings. The maximum atomic E-state index is 5.44. The maximum absolute atomic E-state index is 5.44. The van der Waals surface area contributed by atoms with Gasteiger partial charge in [0.15, 0.2) is 4.77 Å². The third-order valence-corrected chi connectivity index (χ3v) is 5.82. The van der Waals surface area contributed by atoms with E-state index in [1.54, 1.807) is 0 Å². The summed E-state index contributed by atoms with van der Waals surface area (Å²) in [6.45, 7) is 1.04. The zero-order valence-electron chi connectivity index (χ0n) is 9.50. The first-order chi connectivity index (χ1) is 8.13. The van der Waals surface area contributed by atoms with Crippen molar-refractivity contribution >= 4 is 57.6 Å². The number of hydrogen-bond acceptors (Lipinski definition) is 2. The number of aromatic amines is 1. The molecule has 1 N–H and O–H groups in total. The number of nitrogens with one attached hydrogen (secondary N) is 1. The molecule has 0 unspecified atom stereocenters. The summed E-state index contributed by atoms with van der Waals surface area (Å²) in [5.41, 5.74) is 2.38. The van der Waals surface area contributed by atoms with E-state index in [1.807, 2.05) is 11.8 Å². The van der Waals surface area contributed by atoms with Gasteiger partial charge < -0.3 is 9.55 Å². The van der Waals surface area contributed by atoms with Crippen LogP contribution in [0.4, 0.5) is 0 Å². The maximum Gasteiger partial charge on any atom is 0.178 e. The topological polar surface area (TPSA) is 20.7 Å². The second-order valence-electron chi connectivity index (χ2n) is 4.56. The monoisotopic (exact) mass is 376 g/mol. The predicted octanol–water partition coefficient (Wildman–Crippen LogP) is 4.20. The number of nitrogens with zero attached hydrogens (tertiary/aromatic N) is 1. The minimum Gasteiger partial charge on any atom is -0.331 e. The van der Waals surface area contributed by atoms with Crippen LogP contribution in [-0.2, 0) is 6.54 Å². The van der Waals surface area contributed by atoms with Crippen molar-refractivity contribution in [3.8, 4) is 0 Å². The van der Waals surface area contributed by atoms with Gasteiger partial charge in [-0.05, 0) is 72.1 Å². The fraction of sp³-hybridized carbons (Fsp3) is 0.417. The van der Waals surface area contributed by atoms with Crippen LogP contribution in [0.3, 0.4) is 0 Å². The van der Waals surface area contributed by atoms with Crippen molar-refractivity contribution in [1.82, 2.24) is 9.55 Å². The van der Waals surface area contributed by atoms with Gasteiger partial charge in [0.2, 0.25) is 0 Å². The van der Waals surface area contributed by atoms with E-state index in [0.717, 1.165) is 16.8 Å². The van der Waals surface area contributed by atoms with Crippen molar-refractivity contribution in [2.45, 2.75) is 24.1 Å². The molecule has 0 saturated heterocycles. The summed E-state index contributed by atoms with van der Waals surface area (Å²) in [6.07, 6.45) is 4.83. The van der Waals surface area contributed by atoms with Crippen LogP contribution >= 0.6 is 46.6 Å². The fourth-order valence-corrected chi connectivity index (χ4v) is 3.68. The van der Waals surface area contributed by atoms with Crippen LogP contribution in [0.5, 0.6) is 0 Å². The Morgan fingerprint density at radius 2 is 2.29 bits per heavy atom. The zero-order chi connectivity index (χ0) is 12.0. The third-order valence-electron chi connectivity index (χ3n) is 3.42. The van der Waals surface area contributed by atoms with Crippen LogP contribution < -0.4 is 0 Å². The van der Waals surface area contributed by atoms with Gasteiger partial charge in [-0.3, -0.25) is 0 Å². The van der Waals surface area contributed by atoms with Gasteiger partial charge in [0.25, 0.3) is 0 Å². The number of halogens is 1. The van der Waals surface area contributed by atoms with Gasteiger partial charge in [-0.15, -0.1) is 0 Å². The van der Waals surface area contributed by atoms with Crippen LogP contribution in [0.1, 0.15) is 12.8 Å². The van der Waals surface area contributed by atoms with E-state index in [9.17, 15) is 0 Å². The largest absolute Gasteiger partial charge is 0.331 e.